The van der Waals surface area contributed by atoms with Gasteiger partial charge in [0.2, 0.25) is 4.96 Å². The van der Waals surface area contributed by atoms with Crippen LogP contribution in [-0.4, -0.2) is 20.5 Å². The summed E-state index contributed by atoms with van der Waals surface area (Å²) in [4.78, 5) is 17.1. The maximum atomic E-state index is 12.1. The Balaban J connectivity index is 1.65. The lowest BCUT2D eigenvalue weighted by atomic mass is 10.2. The molecule has 3 heterocycles. The molecule has 0 atom stereocenters. The second-order valence-corrected chi connectivity index (χ2v) is 6.29. The third-order valence-corrected chi connectivity index (χ3v) is 4.42. The average Bonchev–Trinajstić information content (AvgIpc) is 3.23. The van der Waals surface area contributed by atoms with E-state index in [4.69, 9.17) is 4.42 Å². The van der Waals surface area contributed by atoms with Crippen molar-refractivity contribution >= 4 is 44.1 Å². The number of amides is 1. The number of rotatable bonds is 3. The summed E-state index contributed by atoms with van der Waals surface area (Å²) < 4.78 is 7.42. The Bertz CT molecular complexity index is 989. The van der Waals surface area contributed by atoms with Gasteiger partial charge in [-0.3, -0.25) is 10.1 Å². The van der Waals surface area contributed by atoms with E-state index in [2.05, 4.69) is 31.3 Å². The van der Waals surface area contributed by atoms with Crippen LogP contribution in [0.3, 0.4) is 0 Å². The number of nitrogens with zero attached hydrogens (tertiary/aromatic N) is 3. The number of carbonyl (C=O) groups is 1. The molecule has 4 rings (SSSR count). The molecule has 0 aliphatic rings. The lowest BCUT2D eigenvalue weighted by molar-refractivity contribution is 0.0994. The number of thiazole rings is 1. The van der Waals surface area contributed by atoms with Gasteiger partial charge in [-0.25, -0.2) is 4.52 Å². The van der Waals surface area contributed by atoms with Gasteiger partial charge in [-0.15, -0.1) is 16.4 Å². The minimum Gasteiger partial charge on any atom is -0.444 e. The van der Waals surface area contributed by atoms with Gasteiger partial charge in [-0.2, -0.15) is 4.98 Å². The number of halogens is 1. The van der Waals surface area contributed by atoms with Crippen LogP contribution in [0.15, 0.2) is 56.9 Å². The highest BCUT2D eigenvalue weighted by atomic mass is 79.9. The number of hydrogen-bond acceptors (Lipinski definition) is 5. The molecule has 0 unspecified atom stereocenters. The number of aromatic nitrogens is 3. The molecule has 0 bridgehead atoms. The first kappa shape index (κ1) is 14.2. The summed E-state index contributed by atoms with van der Waals surface area (Å²) in [5.74, 6) is 0.0417. The molecule has 0 radical (unpaired) electrons. The smallest absolute Gasteiger partial charge is 0.293 e. The van der Waals surface area contributed by atoms with Crippen LogP contribution in [0.5, 0.6) is 0 Å². The van der Waals surface area contributed by atoms with E-state index >= 15 is 0 Å². The van der Waals surface area contributed by atoms with Gasteiger partial charge < -0.3 is 4.42 Å². The normalized spacial score (nSPS) is 11.0. The summed E-state index contributed by atoms with van der Waals surface area (Å²) in [5.41, 5.74) is 1.97. The molecule has 0 aliphatic carbocycles. The van der Waals surface area contributed by atoms with Crippen LogP contribution in [0.1, 0.15) is 10.6 Å². The molecule has 6 nitrogen and oxygen atoms in total. The van der Waals surface area contributed by atoms with Gasteiger partial charge in [0.25, 0.3) is 11.9 Å². The summed E-state index contributed by atoms with van der Waals surface area (Å²) in [6.45, 7) is 0. The Hall–Kier alpha value is -2.45. The standard InChI is InChI=1S/C15H9BrN4O2S/c16-12-7-6-11(22-12)13(21)17-14-18-15-20(19-14)10(8-23-15)9-4-2-1-3-5-9/h1-8H,(H,17,19,21). The van der Waals surface area contributed by atoms with Gasteiger partial charge in [0.05, 0.1) is 5.69 Å². The molecule has 114 valence electrons. The lowest BCUT2D eigenvalue weighted by Crippen LogP contribution is -2.12. The molecular formula is C15H9BrN4O2S. The topological polar surface area (TPSA) is 72.4 Å². The lowest BCUT2D eigenvalue weighted by Gasteiger charge is -1.98. The molecular weight excluding hydrogens is 380 g/mol. The van der Waals surface area contributed by atoms with Crippen molar-refractivity contribution in [2.45, 2.75) is 0 Å². The second-order valence-electron chi connectivity index (χ2n) is 4.67. The van der Waals surface area contributed by atoms with Crippen molar-refractivity contribution in [3.8, 4) is 11.3 Å². The molecule has 8 heteroatoms. The summed E-state index contributed by atoms with van der Waals surface area (Å²) in [6, 6.07) is 13.1. The van der Waals surface area contributed by atoms with Crippen LogP contribution in [0, 0.1) is 0 Å². The number of fused-ring (bicyclic) bond motifs is 1. The van der Waals surface area contributed by atoms with Crippen LogP contribution in [0.25, 0.3) is 16.2 Å². The second kappa shape index (κ2) is 5.64. The Morgan fingerprint density at radius 2 is 2.04 bits per heavy atom. The van der Waals surface area contributed by atoms with E-state index in [-0.39, 0.29) is 11.7 Å². The zero-order valence-corrected chi connectivity index (χ0v) is 14.0. The molecule has 0 aliphatic heterocycles. The van der Waals surface area contributed by atoms with Crippen LogP contribution < -0.4 is 5.32 Å². The zero-order chi connectivity index (χ0) is 15.8. The molecule has 1 aromatic carbocycles. The fourth-order valence-corrected chi connectivity index (χ4v) is 3.28. The monoisotopic (exact) mass is 388 g/mol. The number of nitrogens with one attached hydrogen (secondary N) is 1. The van der Waals surface area contributed by atoms with Crippen LogP contribution in [0.4, 0.5) is 5.95 Å². The van der Waals surface area contributed by atoms with E-state index in [0.29, 0.717) is 9.63 Å². The molecule has 0 saturated carbocycles. The highest BCUT2D eigenvalue weighted by Crippen LogP contribution is 2.25. The number of benzene rings is 1. The first-order valence-corrected chi connectivity index (χ1v) is 8.34. The third kappa shape index (κ3) is 2.66. The van der Waals surface area contributed by atoms with Crippen LogP contribution >= 0.6 is 27.3 Å². The Kier molecular flexibility index (Phi) is 3.47. The fourth-order valence-electron chi connectivity index (χ4n) is 2.14. The van der Waals surface area contributed by atoms with Gasteiger partial charge in [0.15, 0.2) is 10.4 Å². The third-order valence-electron chi connectivity index (χ3n) is 3.17. The molecule has 4 aromatic rings. The molecule has 0 spiro atoms. The summed E-state index contributed by atoms with van der Waals surface area (Å²) in [6.07, 6.45) is 0. The summed E-state index contributed by atoms with van der Waals surface area (Å²) >= 11 is 4.63. The van der Waals surface area contributed by atoms with Crippen molar-refractivity contribution in [2.75, 3.05) is 5.32 Å². The number of hydrogen-bond donors (Lipinski definition) is 1. The van der Waals surface area contributed by atoms with Crippen LogP contribution in [0.2, 0.25) is 0 Å². The van der Waals surface area contributed by atoms with Gasteiger partial charge in [0.1, 0.15) is 0 Å². The van der Waals surface area contributed by atoms with Gasteiger partial charge in [0, 0.05) is 10.9 Å². The van der Waals surface area contributed by atoms with Crippen LogP contribution in [-0.2, 0) is 0 Å². The Labute approximate surface area is 142 Å². The fraction of sp³-hybridized carbons (Fsp3) is 0. The number of carbonyl (C=O) groups excluding carboxylic acids is 1. The summed E-state index contributed by atoms with van der Waals surface area (Å²) in [7, 11) is 0. The Morgan fingerprint density at radius 3 is 2.78 bits per heavy atom. The van der Waals surface area contributed by atoms with E-state index in [0.717, 1.165) is 11.3 Å². The van der Waals surface area contributed by atoms with E-state index in [1.54, 1.807) is 16.6 Å². The first-order chi connectivity index (χ1) is 11.2. The Morgan fingerprint density at radius 1 is 1.22 bits per heavy atom. The van der Waals surface area contributed by atoms with Gasteiger partial charge in [-0.05, 0) is 28.1 Å². The zero-order valence-electron chi connectivity index (χ0n) is 11.6. The predicted molar refractivity (Wildman–Crippen MR) is 90.7 cm³/mol. The molecule has 1 N–H and O–H groups in total. The van der Waals surface area contributed by atoms with E-state index in [1.807, 2.05) is 35.7 Å². The van der Waals surface area contributed by atoms with Gasteiger partial charge >= 0.3 is 0 Å². The van der Waals surface area contributed by atoms with Crippen molar-refractivity contribution in [3.63, 3.8) is 0 Å². The summed E-state index contributed by atoms with van der Waals surface area (Å²) in [5, 5.41) is 8.97. The molecule has 1 amide bonds. The molecule has 0 fully saturated rings. The predicted octanol–water partition coefficient (Wildman–Crippen LogP) is 4.07. The maximum Gasteiger partial charge on any atom is 0.293 e. The van der Waals surface area contributed by atoms with Crippen molar-refractivity contribution in [1.82, 2.24) is 14.6 Å². The van der Waals surface area contributed by atoms with Crippen molar-refractivity contribution < 1.29 is 9.21 Å². The minimum atomic E-state index is -0.393. The average molecular weight is 389 g/mol. The molecule has 23 heavy (non-hydrogen) atoms. The van der Waals surface area contributed by atoms with E-state index in [1.165, 1.54) is 11.3 Å². The minimum absolute atomic E-state index is 0.193. The number of anilines is 1. The molecule has 0 saturated heterocycles. The van der Waals surface area contributed by atoms with Crippen molar-refractivity contribution in [1.29, 1.82) is 0 Å². The quantitative estimate of drug-likeness (QED) is 0.574. The number of furan rings is 1. The SMILES string of the molecule is O=C(Nc1nc2scc(-c3ccccc3)n2n1)c1ccc(Br)o1. The molecule has 3 aromatic heterocycles. The van der Waals surface area contributed by atoms with E-state index < -0.39 is 5.91 Å². The van der Waals surface area contributed by atoms with E-state index in [9.17, 15) is 4.79 Å². The first-order valence-electron chi connectivity index (χ1n) is 6.67. The van der Waals surface area contributed by atoms with Crippen molar-refractivity contribution in [3.05, 3.63) is 58.3 Å². The van der Waals surface area contributed by atoms with Gasteiger partial charge in [-0.1, -0.05) is 30.3 Å². The highest BCUT2D eigenvalue weighted by molar-refractivity contribution is 9.10. The largest absolute Gasteiger partial charge is 0.444 e. The maximum absolute atomic E-state index is 12.1. The van der Waals surface area contributed by atoms with Crippen molar-refractivity contribution in [2.24, 2.45) is 0 Å². The highest BCUT2D eigenvalue weighted by Gasteiger charge is 2.16.